The predicted molar refractivity (Wildman–Crippen MR) is 110 cm³/mol. The molecule has 2 rings (SSSR count). The molecule has 160 valence electrons. The van der Waals surface area contributed by atoms with E-state index in [1.54, 1.807) is 0 Å². The first-order valence-electron chi connectivity index (χ1n) is 10.6. The summed E-state index contributed by atoms with van der Waals surface area (Å²) >= 11 is 0. The molecule has 4 N–H and O–H groups in total. The van der Waals surface area contributed by atoms with Crippen molar-refractivity contribution >= 4 is 11.9 Å². The van der Waals surface area contributed by atoms with Crippen LogP contribution in [0.5, 0.6) is 6.01 Å². The average Bonchev–Trinajstić information content (AvgIpc) is 2.71. The normalized spacial score (nSPS) is 14.8. The molecule has 1 saturated carbocycles. The quantitative estimate of drug-likeness (QED) is 0.384. The molecule has 1 fully saturated rings. The third-order valence-corrected chi connectivity index (χ3v) is 4.45. The molecule has 0 atom stereocenters. The number of nitrogens with one attached hydrogen (secondary N) is 2. The minimum atomic E-state index is 0.361. The van der Waals surface area contributed by atoms with Gasteiger partial charge in [-0.15, -0.1) is 0 Å². The van der Waals surface area contributed by atoms with Crippen LogP contribution in [0.15, 0.2) is 0 Å². The first-order valence-corrected chi connectivity index (χ1v) is 10.6. The van der Waals surface area contributed by atoms with E-state index in [1.807, 2.05) is 0 Å². The topological polar surface area (TPSA) is 116 Å². The second-order valence-corrected chi connectivity index (χ2v) is 6.89. The molecule has 0 saturated heterocycles. The molecular weight excluding hydrogens is 360 g/mol. The van der Waals surface area contributed by atoms with Crippen molar-refractivity contribution in [3.63, 3.8) is 0 Å². The molecule has 0 unspecified atom stereocenters. The van der Waals surface area contributed by atoms with Crippen LogP contribution < -0.4 is 21.1 Å². The standard InChI is InChI=1S/C19H36N6O3/c1-2-3-11-28-19-24-17(21-10-13-27-15-14-26-12-9-20)23-18(25-19)22-16-7-5-4-6-8-16/h16H,2-15,20H2,1H3,(H2,21,22,23,24,25). The van der Waals surface area contributed by atoms with Crippen LogP contribution in [0.4, 0.5) is 11.9 Å². The van der Waals surface area contributed by atoms with E-state index in [9.17, 15) is 0 Å². The van der Waals surface area contributed by atoms with Gasteiger partial charge in [0.2, 0.25) is 11.9 Å². The second kappa shape index (κ2) is 14.3. The SMILES string of the molecule is CCCCOc1nc(NCCOCCOCCN)nc(NC2CCCCC2)n1. The minimum Gasteiger partial charge on any atom is -0.463 e. The molecule has 1 aromatic heterocycles. The molecule has 1 aliphatic carbocycles. The first kappa shape index (κ1) is 22.6. The lowest BCUT2D eigenvalue weighted by Gasteiger charge is -2.23. The van der Waals surface area contributed by atoms with E-state index in [2.05, 4.69) is 32.5 Å². The van der Waals surface area contributed by atoms with Crippen LogP contribution in [0.25, 0.3) is 0 Å². The highest BCUT2D eigenvalue weighted by molar-refractivity contribution is 5.36. The molecule has 28 heavy (non-hydrogen) atoms. The summed E-state index contributed by atoms with van der Waals surface area (Å²) in [6, 6.07) is 0.782. The Hall–Kier alpha value is -1.71. The third-order valence-electron chi connectivity index (χ3n) is 4.45. The Kier molecular flexibility index (Phi) is 11.5. The zero-order valence-electron chi connectivity index (χ0n) is 17.1. The second-order valence-electron chi connectivity index (χ2n) is 6.89. The zero-order valence-corrected chi connectivity index (χ0v) is 17.1. The van der Waals surface area contributed by atoms with Gasteiger partial charge in [0.05, 0.1) is 33.0 Å². The molecule has 9 heteroatoms. The molecule has 0 aromatic carbocycles. The Balaban J connectivity index is 1.82. The van der Waals surface area contributed by atoms with Crippen molar-refractivity contribution in [2.45, 2.75) is 57.9 Å². The van der Waals surface area contributed by atoms with E-state index < -0.39 is 0 Å². The molecule has 9 nitrogen and oxygen atoms in total. The lowest BCUT2D eigenvalue weighted by atomic mass is 9.96. The predicted octanol–water partition coefficient (Wildman–Crippen LogP) is 2.20. The van der Waals surface area contributed by atoms with Crippen molar-refractivity contribution in [1.82, 2.24) is 15.0 Å². The van der Waals surface area contributed by atoms with Gasteiger partial charge < -0.3 is 30.6 Å². The summed E-state index contributed by atoms with van der Waals surface area (Å²) in [5, 5.41) is 6.63. The summed E-state index contributed by atoms with van der Waals surface area (Å²) in [6.07, 6.45) is 8.15. The maximum Gasteiger partial charge on any atom is 0.323 e. The van der Waals surface area contributed by atoms with Gasteiger partial charge in [0.1, 0.15) is 0 Å². The Morgan fingerprint density at radius 3 is 2.43 bits per heavy atom. The Labute approximate surface area is 168 Å². The van der Waals surface area contributed by atoms with Gasteiger partial charge in [0.25, 0.3) is 0 Å². The van der Waals surface area contributed by atoms with E-state index in [4.69, 9.17) is 19.9 Å². The van der Waals surface area contributed by atoms with Gasteiger partial charge in [0, 0.05) is 19.1 Å². The van der Waals surface area contributed by atoms with E-state index in [0.29, 0.717) is 70.1 Å². The molecule has 0 amide bonds. The van der Waals surface area contributed by atoms with Gasteiger partial charge in [-0.25, -0.2) is 0 Å². The van der Waals surface area contributed by atoms with Crippen LogP contribution in [0.3, 0.4) is 0 Å². The number of nitrogens with two attached hydrogens (primary N) is 1. The van der Waals surface area contributed by atoms with Gasteiger partial charge in [0.15, 0.2) is 0 Å². The van der Waals surface area contributed by atoms with Crippen LogP contribution in [-0.2, 0) is 9.47 Å². The van der Waals surface area contributed by atoms with Crippen LogP contribution in [-0.4, -0.2) is 67.1 Å². The first-order chi connectivity index (χ1) is 13.8. The van der Waals surface area contributed by atoms with Crippen LogP contribution in [0.2, 0.25) is 0 Å². The fourth-order valence-corrected chi connectivity index (χ4v) is 2.94. The van der Waals surface area contributed by atoms with Gasteiger partial charge in [-0.1, -0.05) is 32.6 Å². The fraction of sp³-hybridized carbons (Fsp3) is 0.842. The largest absolute Gasteiger partial charge is 0.463 e. The fourth-order valence-electron chi connectivity index (χ4n) is 2.94. The summed E-state index contributed by atoms with van der Waals surface area (Å²) in [7, 11) is 0. The number of aromatic nitrogens is 3. The van der Waals surface area contributed by atoms with Crippen molar-refractivity contribution in [2.75, 3.05) is 56.8 Å². The van der Waals surface area contributed by atoms with Gasteiger partial charge in [-0.2, -0.15) is 15.0 Å². The van der Waals surface area contributed by atoms with Crippen LogP contribution in [0, 0.1) is 0 Å². The monoisotopic (exact) mass is 396 g/mol. The molecule has 0 aliphatic heterocycles. The summed E-state index contributed by atoms with van der Waals surface area (Å²) in [5.41, 5.74) is 5.37. The molecule has 1 aromatic rings. The van der Waals surface area contributed by atoms with E-state index in [-0.39, 0.29) is 0 Å². The van der Waals surface area contributed by atoms with E-state index >= 15 is 0 Å². The third kappa shape index (κ3) is 9.48. The number of hydrogen-bond donors (Lipinski definition) is 3. The smallest absolute Gasteiger partial charge is 0.323 e. The maximum atomic E-state index is 5.70. The molecular formula is C19H36N6O3. The summed E-state index contributed by atoms with van der Waals surface area (Å²) in [6.45, 7) is 6.04. The number of unbranched alkanes of at least 4 members (excludes halogenated alkanes) is 1. The van der Waals surface area contributed by atoms with Crippen molar-refractivity contribution in [2.24, 2.45) is 5.73 Å². The number of ether oxygens (including phenoxy) is 3. The highest BCUT2D eigenvalue weighted by atomic mass is 16.5. The van der Waals surface area contributed by atoms with Gasteiger partial charge in [-0.05, 0) is 19.3 Å². The van der Waals surface area contributed by atoms with Crippen molar-refractivity contribution < 1.29 is 14.2 Å². The lowest BCUT2D eigenvalue weighted by molar-refractivity contribution is 0.0547. The van der Waals surface area contributed by atoms with Crippen LogP contribution >= 0.6 is 0 Å². The summed E-state index contributed by atoms with van der Waals surface area (Å²) in [4.78, 5) is 13.3. The van der Waals surface area contributed by atoms with E-state index in [0.717, 1.165) is 25.7 Å². The van der Waals surface area contributed by atoms with Crippen molar-refractivity contribution in [3.05, 3.63) is 0 Å². The van der Waals surface area contributed by atoms with Crippen molar-refractivity contribution in [3.8, 4) is 6.01 Å². The highest BCUT2D eigenvalue weighted by Gasteiger charge is 2.16. The van der Waals surface area contributed by atoms with Gasteiger partial charge >= 0.3 is 6.01 Å². The lowest BCUT2D eigenvalue weighted by Crippen LogP contribution is -2.24. The average molecular weight is 397 g/mol. The summed E-state index contributed by atoms with van der Waals surface area (Å²) in [5.74, 6) is 1.08. The number of hydrogen-bond acceptors (Lipinski definition) is 9. The van der Waals surface area contributed by atoms with E-state index in [1.165, 1.54) is 19.3 Å². The molecule has 1 heterocycles. The molecule has 0 spiro atoms. The van der Waals surface area contributed by atoms with Crippen LogP contribution in [0.1, 0.15) is 51.9 Å². The number of nitrogens with zero attached hydrogens (tertiary/aromatic N) is 3. The zero-order chi connectivity index (χ0) is 19.9. The Bertz CT molecular complexity index is 528. The summed E-state index contributed by atoms with van der Waals surface area (Å²) < 4.78 is 16.5. The minimum absolute atomic E-state index is 0.361. The Morgan fingerprint density at radius 1 is 0.929 bits per heavy atom. The molecule has 0 bridgehead atoms. The Morgan fingerprint density at radius 2 is 1.68 bits per heavy atom. The molecule has 0 radical (unpaired) electrons. The molecule has 1 aliphatic rings. The number of rotatable bonds is 15. The van der Waals surface area contributed by atoms with Gasteiger partial charge in [-0.3, -0.25) is 0 Å². The van der Waals surface area contributed by atoms with Crippen molar-refractivity contribution in [1.29, 1.82) is 0 Å². The maximum absolute atomic E-state index is 5.70. The number of anilines is 2. The highest BCUT2D eigenvalue weighted by Crippen LogP contribution is 2.21.